The third-order valence-corrected chi connectivity index (χ3v) is 4.44. The zero-order valence-electron chi connectivity index (χ0n) is 17.4. The normalized spacial score (nSPS) is 12.1. The topological polar surface area (TPSA) is 66.8 Å². The van der Waals surface area contributed by atoms with Gasteiger partial charge in [-0.15, -0.1) is 0 Å². The molecule has 1 heterocycles. The summed E-state index contributed by atoms with van der Waals surface area (Å²) >= 11 is 0. The lowest BCUT2D eigenvalue weighted by Crippen LogP contribution is -2.16. The van der Waals surface area contributed by atoms with E-state index >= 15 is 0 Å². The van der Waals surface area contributed by atoms with Gasteiger partial charge in [-0.25, -0.2) is 4.79 Å². The monoisotopic (exact) mass is 387 g/mol. The average Bonchev–Trinajstić information content (AvgIpc) is 2.94. The molecule has 152 valence electrons. The Morgan fingerprint density at radius 3 is 2.29 bits per heavy atom. The van der Waals surface area contributed by atoms with Gasteiger partial charge in [0.25, 0.3) is 0 Å². The Kier molecular flexibility index (Phi) is 7.40. The van der Waals surface area contributed by atoms with Crippen molar-refractivity contribution >= 4 is 11.8 Å². The van der Waals surface area contributed by atoms with E-state index in [9.17, 15) is 9.59 Å². The largest absolute Gasteiger partial charge is 0.485 e. The van der Waals surface area contributed by atoms with Gasteiger partial charge in [-0.05, 0) is 65.0 Å². The fourth-order valence-corrected chi connectivity index (χ4v) is 3.25. The van der Waals surface area contributed by atoms with Crippen LogP contribution in [0.25, 0.3) is 0 Å². The average molecular weight is 387 g/mol. The number of hydrogen-bond donors (Lipinski definition) is 0. The summed E-state index contributed by atoms with van der Waals surface area (Å²) in [7, 11) is 1.67. The molecule has 1 atom stereocenters. The number of ketones is 1. The Morgan fingerprint density at radius 1 is 1.07 bits per heavy atom. The van der Waals surface area contributed by atoms with Crippen molar-refractivity contribution in [1.29, 1.82) is 0 Å². The molecule has 1 aromatic heterocycles. The molecule has 0 amide bonds. The van der Waals surface area contributed by atoms with Crippen LogP contribution in [0.1, 0.15) is 58.9 Å². The fourth-order valence-electron chi connectivity index (χ4n) is 3.25. The standard InChI is InChI=1S/C22H29NO5/c1-14(2)28-22(25)18-7-9-19(10-8-18)27-13-21(24)20-11-15(3)23(17(20)5)16(4)12-26-6/h7-11,14,16H,12-13H2,1-6H3. The lowest BCUT2D eigenvalue weighted by molar-refractivity contribution is 0.0377. The van der Waals surface area contributed by atoms with Crippen molar-refractivity contribution in [3.63, 3.8) is 0 Å². The SMILES string of the molecule is COCC(C)n1c(C)cc(C(=O)COc2ccc(C(=O)OC(C)C)cc2)c1C. The van der Waals surface area contributed by atoms with Gasteiger partial charge in [0.2, 0.25) is 5.78 Å². The Balaban J connectivity index is 2.03. The first kappa shape index (κ1) is 21.7. The number of rotatable bonds is 9. The first-order valence-corrected chi connectivity index (χ1v) is 9.39. The van der Waals surface area contributed by atoms with Gasteiger partial charge in [-0.3, -0.25) is 4.79 Å². The van der Waals surface area contributed by atoms with E-state index in [0.717, 1.165) is 11.4 Å². The zero-order chi connectivity index (χ0) is 20.8. The van der Waals surface area contributed by atoms with Crippen molar-refractivity contribution < 1.29 is 23.8 Å². The van der Waals surface area contributed by atoms with Gasteiger partial charge in [0.05, 0.1) is 24.3 Å². The first-order chi connectivity index (χ1) is 13.2. The van der Waals surface area contributed by atoms with Gasteiger partial charge in [-0.1, -0.05) is 0 Å². The summed E-state index contributed by atoms with van der Waals surface area (Å²) in [5.41, 5.74) is 3.02. The molecule has 0 spiro atoms. The Hall–Kier alpha value is -2.60. The van der Waals surface area contributed by atoms with Gasteiger partial charge >= 0.3 is 5.97 Å². The number of Topliss-reactive ketones (excluding diaryl/α,β-unsaturated/α-hetero) is 1. The molecule has 0 saturated heterocycles. The lowest BCUT2D eigenvalue weighted by atomic mass is 10.1. The molecular weight excluding hydrogens is 358 g/mol. The van der Waals surface area contributed by atoms with Crippen LogP contribution in [0.2, 0.25) is 0 Å². The predicted molar refractivity (Wildman–Crippen MR) is 107 cm³/mol. The van der Waals surface area contributed by atoms with Crippen LogP contribution in [-0.4, -0.2) is 42.7 Å². The molecule has 6 nitrogen and oxygen atoms in total. The maximum Gasteiger partial charge on any atom is 0.338 e. The van der Waals surface area contributed by atoms with Crippen LogP contribution < -0.4 is 4.74 Å². The fraction of sp³-hybridized carbons (Fsp3) is 0.455. The van der Waals surface area contributed by atoms with Gasteiger partial charge in [0, 0.05) is 24.1 Å². The number of carbonyl (C=O) groups excluding carboxylic acids is 2. The molecular formula is C22H29NO5. The molecule has 0 N–H and O–H groups in total. The number of aryl methyl sites for hydroxylation is 1. The van der Waals surface area contributed by atoms with E-state index in [2.05, 4.69) is 11.5 Å². The van der Waals surface area contributed by atoms with Crippen LogP contribution in [0.5, 0.6) is 5.75 Å². The molecule has 2 aromatic rings. The van der Waals surface area contributed by atoms with E-state index < -0.39 is 0 Å². The van der Waals surface area contributed by atoms with E-state index in [1.807, 2.05) is 19.9 Å². The minimum absolute atomic E-state index is 0.0707. The molecule has 28 heavy (non-hydrogen) atoms. The number of nitrogens with zero attached hydrogens (tertiary/aromatic N) is 1. The number of carbonyl (C=O) groups is 2. The highest BCUT2D eigenvalue weighted by Crippen LogP contribution is 2.22. The lowest BCUT2D eigenvalue weighted by Gasteiger charge is -2.17. The smallest absolute Gasteiger partial charge is 0.338 e. The van der Waals surface area contributed by atoms with Crippen molar-refractivity contribution in [3.8, 4) is 5.75 Å². The number of methoxy groups -OCH3 is 1. The molecule has 0 radical (unpaired) electrons. The summed E-state index contributed by atoms with van der Waals surface area (Å²) in [4.78, 5) is 24.5. The van der Waals surface area contributed by atoms with Gasteiger partial charge in [0.1, 0.15) is 5.75 Å². The van der Waals surface area contributed by atoms with E-state index in [1.54, 1.807) is 45.2 Å². The minimum Gasteiger partial charge on any atom is -0.485 e. The highest BCUT2D eigenvalue weighted by Gasteiger charge is 2.19. The van der Waals surface area contributed by atoms with Gasteiger partial charge < -0.3 is 18.8 Å². The number of esters is 1. The zero-order valence-corrected chi connectivity index (χ0v) is 17.4. The second-order valence-corrected chi connectivity index (χ2v) is 7.15. The summed E-state index contributed by atoms with van der Waals surface area (Å²) < 4.78 is 18.1. The van der Waals surface area contributed by atoms with Crippen molar-refractivity contribution in [1.82, 2.24) is 4.57 Å². The molecule has 0 aliphatic rings. The molecule has 0 aliphatic heterocycles. The van der Waals surface area contributed by atoms with Crippen LogP contribution in [0, 0.1) is 13.8 Å². The maximum atomic E-state index is 12.6. The van der Waals surface area contributed by atoms with Crippen LogP contribution in [0.15, 0.2) is 30.3 Å². The second kappa shape index (κ2) is 9.55. The molecule has 0 bridgehead atoms. The van der Waals surface area contributed by atoms with Crippen molar-refractivity contribution in [2.24, 2.45) is 0 Å². The molecule has 0 aliphatic carbocycles. The summed E-state index contributed by atoms with van der Waals surface area (Å²) in [6.07, 6.45) is -0.174. The van der Waals surface area contributed by atoms with Crippen LogP contribution in [-0.2, 0) is 9.47 Å². The van der Waals surface area contributed by atoms with Gasteiger partial charge in [0.15, 0.2) is 6.61 Å². The number of benzene rings is 1. The highest BCUT2D eigenvalue weighted by molar-refractivity contribution is 5.98. The summed E-state index contributed by atoms with van der Waals surface area (Å²) in [6.45, 7) is 10.1. The summed E-state index contributed by atoms with van der Waals surface area (Å²) in [5.74, 6) is 0.0542. The second-order valence-electron chi connectivity index (χ2n) is 7.15. The van der Waals surface area contributed by atoms with Crippen LogP contribution in [0.4, 0.5) is 0 Å². The van der Waals surface area contributed by atoms with E-state index in [0.29, 0.717) is 23.5 Å². The molecule has 0 saturated carbocycles. The summed E-state index contributed by atoms with van der Waals surface area (Å²) in [6, 6.07) is 8.61. The molecule has 2 rings (SSSR count). The van der Waals surface area contributed by atoms with Crippen LogP contribution in [0.3, 0.4) is 0 Å². The highest BCUT2D eigenvalue weighted by atomic mass is 16.5. The Bertz CT molecular complexity index is 820. The Labute approximate surface area is 166 Å². The molecule has 1 unspecified atom stereocenters. The number of hydrogen-bond acceptors (Lipinski definition) is 5. The third-order valence-electron chi connectivity index (χ3n) is 4.44. The van der Waals surface area contributed by atoms with Crippen molar-refractivity contribution in [2.45, 2.75) is 46.8 Å². The first-order valence-electron chi connectivity index (χ1n) is 9.39. The Morgan fingerprint density at radius 2 is 1.71 bits per heavy atom. The molecule has 6 heteroatoms. The van der Waals surface area contributed by atoms with E-state index in [-0.39, 0.29) is 30.5 Å². The quantitative estimate of drug-likeness (QED) is 0.478. The van der Waals surface area contributed by atoms with Crippen molar-refractivity contribution in [2.75, 3.05) is 20.3 Å². The molecule has 1 aromatic carbocycles. The third kappa shape index (κ3) is 5.23. The van der Waals surface area contributed by atoms with Crippen LogP contribution >= 0.6 is 0 Å². The predicted octanol–water partition coefficient (Wildman–Crippen LogP) is 4.14. The minimum atomic E-state index is -0.379. The maximum absolute atomic E-state index is 12.6. The number of ether oxygens (including phenoxy) is 3. The number of aromatic nitrogens is 1. The summed E-state index contributed by atoms with van der Waals surface area (Å²) in [5, 5.41) is 0. The van der Waals surface area contributed by atoms with Gasteiger partial charge in [-0.2, -0.15) is 0 Å². The van der Waals surface area contributed by atoms with E-state index in [1.165, 1.54) is 0 Å². The van der Waals surface area contributed by atoms with Crippen molar-refractivity contribution in [3.05, 3.63) is 52.8 Å². The van der Waals surface area contributed by atoms with E-state index in [4.69, 9.17) is 14.2 Å². The molecule has 0 fully saturated rings.